The Kier molecular flexibility index (Phi) is 6.98. The van der Waals surface area contributed by atoms with Gasteiger partial charge in [-0.25, -0.2) is 9.79 Å². The number of halogens is 1. The average Bonchev–Trinajstić information content (AvgIpc) is 2.64. The van der Waals surface area contributed by atoms with Crippen LogP contribution in [0.4, 0.5) is 5.69 Å². The molecule has 0 aliphatic carbocycles. The molecule has 0 amide bonds. The Morgan fingerprint density at radius 3 is 2.59 bits per heavy atom. The number of amidine groups is 1. The first kappa shape index (κ1) is 20.0. The van der Waals surface area contributed by atoms with Crippen molar-refractivity contribution in [1.29, 1.82) is 5.26 Å². The molecule has 0 spiro atoms. The summed E-state index contributed by atoms with van der Waals surface area (Å²) >= 11 is 5.90. The summed E-state index contributed by atoms with van der Waals surface area (Å²) in [6, 6.07) is 16.0. The first-order valence-electron chi connectivity index (χ1n) is 8.20. The minimum absolute atomic E-state index is 0.00252. The summed E-state index contributed by atoms with van der Waals surface area (Å²) in [5.74, 6) is -0.623. The number of aliphatic imine (C=N–C) groups is 1. The highest BCUT2D eigenvalue weighted by atomic mass is 35.5. The second-order valence-corrected chi connectivity index (χ2v) is 5.99. The lowest BCUT2D eigenvalue weighted by Gasteiger charge is -2.11. The van der Waals surface area contributed by atoms with Gasteiger partial charge in [-0.15, -0.1) is 0 Å². The van der Waals surface area contributed by atoms with Crippen molar-refractivity contribution < 1.29 is 9.53 Å². The molecule has 138 valence electrons. The predicted molar refractivity (Wildman–Crippen MR) is 106 cm³/mol. The molecule has 2 aromatic rings. The molecule has 0 bridgehead atoms. The molecule has 0 aliphatic heterocycles. The number of rotatable bonds is 6. The highest BCUT2D eigenvalue weighted by Crippen LogP contribution is 2.18. The van der Waals surface area contributed by atoms with Crippen molar-refractivity contribution in [2.24, 2.45) is 10.7 Å². The fourth-order valence-electron chi connectivity index (χ4n) is 2.20. The maximum Gasteiger partial charge on any atom is 0.352 e. The van der Waals surface area contributed by atoms with E-state index in [0.717, 1.165) is 5.56 Å². The summed E-state index contributed by atoms with van der Waals surface area (Å²) in [7, 11) is 0. The number of nitrogens with zero attached hydrogens (tertiary/aromatic N) is 2. The lowest BCUT2D eigenvalue weighted by atomic mass is 10.1. The maximum absolute atomic E-state index is 12.2. The van der Waals surface area contributed by atoms with Gasteiger partial charge in [0, 0.05) is 16.3 Å². The van der Waals surface area contributed by atoms with Crippen molar-refractivity contribution in [3.8, 4) is 6.07 Å². The number of ether oxygens (including phenoxy) is 1. The molecule has 0 saturated heterocycles. The van der Waals surface area contributed by atoms with Crippen LogP contribution in [0, 0.1) is 18.3 Å². The van der Waals surface area contributed by atoms with Gasteiger partial charge in [-0.05, 0) is 44.2 Å². The molecule has 0 heterocycles. The molecule has 0 saturated carbocycles. The molecule has 2 aromatic carbocycles. The fourth-order valence-corrected chi connectivity index (χ4v) is 2.33. The summed E-state index contributed by atoms with van der Waals surface area (Å²) in [5.41, 5.74) is 8.10. The molecule has 2 rings (SSSR count). The average molecular weight is 383 g/mol. The van der Waals surface area contributed by atoms with Crippen molar-refractivity contribution in [2.45, 2.75) is 13.8 Å². The third kappa shape index (κ3) is 5.59. The lowest BCUT2D eigenvalue weighted by molar-refractivity contribution is -0.138. The van der Waals surface area contributed by atoms with Gasteiger partial charge in [0.05, 0.1) is 6.61 Å². The van der Waals surface area contributed by atoms with Crippen LogP contribution in [-0.2, 0) is 9.53 Å². The number of hydrogen-bond acceptors (Lipinski definition) is 5. The third-order valence-electron chi connectivity index (χ3n) is 3.48. The molecule has 0 fully saturated rings. The van der Waals surface area contributed by atoms with Gasteiger partial charge in [-0.2, -0.15) is 5.26 Å². The molecule has 0 radical (unpaired) electrons. The second-order valence-electron chi connectivity index (χ2n) is 5.55. The summed E-state index contributed by atoms with van der Waals surface area (Å²) in [4.78, 5) is 16.4. The number of aryl methyl sites for hydroxylation is 1. The summed E-state index contributed by atoms with van der Waals surface area (Å²) in [5, 5.41) is 13.0. The number of nitriles is 1. The number of carbonyl (C=O) groups excluding carboxylic acids is 1. The Hall–Kier alpha value is -3.30. The number of anilines is 1. The Labute approximate surface area is 162 Å². The molecular formula is C20H19ClN4O2. The van der Waals surface area contributed by atoms with Gasteiger partial charge >= 0.3 is 5.97 Å². The third-order valence-corrected chi connectivity index (χ3v) is 3.73. The van der Waals surface area contributed by atoms with Crippen LogP contribution in [0.25, 0.3) is 0 Å². The van der Waals surface area contributed by atoms with Crippen LogP contribution < -0.4 is 11.1 Å². The largest absolute Gasteiger partial charge is 0.462 e. The van der Waals surface area contributed by atoms with E-state index in [1.54, 1.807) is 37.3 Å². The highest BCUT2D eigenvalue weighted by molar-refractivity contribution is 6.30. The van der Waals surface area contributed by atoms with Gasteiger partial charge in [0.25, 0.3) is 0 Å². The van der Waals surface area contributed by atoms with E-state index in [9.17, 15) is 10.1 Å². The monoisotopic (exact) mass is 382 g/mol. The number of hydrogen-bond donors (Lipinski definition) is 2. The summed E-state index contributed by atoms with van der Waals surface area (Å²) in [6.45, 7) is 3.72. The van der Waals surface area contributed by atoms with E-state index in [0.29, 0.717) is 16.3 Å². The topological polar surface area (TPSA) is 100 Å². The van der Waals surface area contributed by atoms with Crippen LogP contribution in [0.3, 0.4) is 0 Å². The van der Waals surface area contributed by atoms with Gasteiger partial charge in [-0.1, -0.05) is 35.4 Å². The second kappa shape index (κ2) is 9.41. The number of carbonyl (C=O) groups is 1. The molecule has 7 heteroatoms. The Morgan fingerprint density at radius 2 is 2.00 bits per heavy atom. The van der Waals surface area contributed by atoms with E-state index < -0.39 is 5.97 Å². The smallest absolute Gasteiger partial charge is 0.352 e. The minimum Gasteiger partial charge on any atom is -0.462 e. The van der Waals surface area contributed by atoms with Gasteiger partial charge in [0.2, 0.25) is 0 Å². The number of nitrogens with one attached hydrogen (secondary N) is 1. The van der Waals surface area contributed by atoms with Gasteiger partial charge in [0.15, 0.2) is 11.4 Å². The molecule has 3 N–H and O–H groups in total. The van der Waals surface area contributed by atoms with E-state index in [4.69, 9.17) is 22.1 Å². The summed E-state index contributed by atoms with van der Waals surface area (Å²) in [6.07, 6.45) is 0. The van der Waals surface area contributed by atoms with Crippen molar-refractivity contribution in [3.05, 3.63) is 76.1 Å². The molecule has 0 unspecified atom stereocenters. The van der Waals surface area contributed by atoms with E-state index >= 15 is 0 Å². The number of esters is 1. The molecule has 6 nitrogen and oxygen atoms in total. The number of nitrogens with two attached hydrogens (primary N) is 1. The van der Waals surface area contributed by atoms with Crippen molar-refractivity contribution in [3.63, 3.8) is 0 Å². The van der Waals surface area contributed by atoms with E-state index in [2.05, 4.69) is 10.3 Å². The number of benzene rings is 2. The highest BCUT2D eigenvalue weighted by Gasteiger charge is 2.18. The Balaban J connectivity index is 2.51. The van der Waals surface area contributed by atoms with Crippen LogP contribution in [0.15, 0.2) is 64.9 Å². The van der Waals surface area contributed by atoms with Crippen molar-refractivity contribution in [1.82, 2.24) is 0 Å². The molecule has 0 aromatic heterocycles. The maximum atomic E-state index is 12.2. The quantitative estimate of drug-likeness (QED) is 0.260. The van der Waals surface area contributed by atoms with Crippen LogP contribution in [0.1, 0.15) is 18.1 Å². The van der Waals surface area contributed by atoms with Crippen molar-refractivity contribution >= 4 is 29.1 Å². The SMILES string of the molecule is CCOC(=O)C(C#N)=C(N=C(N)c1cccc(C)c1)Nc1ccc(Cl)cc1. The summed E-state index contributed by atoms with van der Waals surface area (Å²) < 4.78 is 4.95. The zero-order valence-corrected chi connectivity index (χ0v) is 15.7. The minimum atomic E-state index is -0.780. The van der Waals surface area contributed by atoms with Gasteiger partial charge in [-0.3, -0.25) is 0 Å². The normalized spacial score (nSPS) is 12.0. The lowest BCUT2D eigenvalue weighted by Crippen LogP contribution is -2.18. The molecule has 0 aliphatic rings. The first-order valence-corrected chi connectivity index (χ1v) is 8.57. The predicted octanol–water partition coefficient (Wildman–Crippen LogP) is 3.76. The zero-order chi connectivity index (χ0) is 19.8. The van der Waals surface area contributed by atoms with Gasteiger partial charge in [0.1, 0.15) is 11.9 Å². The molecule has 27 heavy (non-hydrogen) atoms. The van der Waals surface area contributed by atoms with Gasteiger partial charge < -0.3 is 15.8 Å². The molecular weight excluding hydrogens is 364 g/mol. The van der Waals surface area contributed by atoms with E-state index in [-0.39, 0.29) is 23.8 Å². The molecule has 0 atom stereocenters. The van der Waals surface area contributed by atoms with E-state index in [1.807, 2.05) is 31.2 Å². The standard InChI is InChI=1S/C20H19ClN4O2/c1-3-27-20(26)17(12-22)19(24-16-9-7-15(21)8-10-16)25-18(23)14-6-4-5-13(2)11-14/h4-11,24H,3H2,1-2H3,(H2,23,25). The zero-order valence-electron chi connectivity index (χ0n) is 15.0. The fraction of sp³-hybridized carbons (Fsp3) is 0.150. The van der Waals surface area contributed by atoms with Crippen molar-refractivity contribution in [2.75, 3.05) is 11.9 Å². The Bertz CT molecular complexity index is 928. The van der Waals surface area contributed by atoms with Crippen LogP contribution >= 0.6 is 11.6 Å². The van der Waals surface area contributed by atoms with Crippen LogP contribution in [0.2, 0.25) is 5.02 Å². The Morgan fingerprint density at radius 1 is 1.30 bits per heavy atom. The van der Waals surface area contributed by atoms with Crippen LogP contribution in [0.5, 0.6) is 0 Å². The van der Waals surface area contributed by atoms with Crippen LogP contribution in [-0.4, -0.2) is 18.4 Å². The first-order chi connectivity index (χ1) is 12.9. The van der Waals surface area contributed by atoms with E-state index in [1.165, 1.54) is 0 Å².